The summed E-state index contributed by atoms with van der Waals surface area (Å²) in [7, 11) is 0. The number of aromatic nitrogens is 3. The molecule has 1 unspecified atom stereocenters. The van der Waals surface area contributed by atoms with Crippen LogP contribution in [0.1, 0.15) is 45.2 Å². The highest BCUT2D eigenvalue weighted by molar-refractivity contribution is 7.99. The molecule has 1 aromatic carbocycles. The van der Waals surface area contributed by atoms with Crippen molar-refractivity contribution in [3.05, 3.63) is 47.2 Å². The van der Waals surface area contributed by atoms with Crippen LogP contribution in [0.15, 0.2) is 46.8 Å². The Hall–Kier alpha value is -2.08. The third kappa shape index (κ3) is 2.88. The van der Waals surface area contributed by atoms with Crippen molar-refractivity contribution in [3.8, 4) is 0 Å². The van der Waals surface area contributed by atoms with Crippen LogP contribution >= 0.6 is 11.8 Å². The molecule has 2 aliphatic rings. The summed E-state index contributed by atoms with van der Waals surface area (Å²) in [5.41, 5.74) is 2.88. The van der Waals surface area contributed by atoms with Crippen LogP contribution in [-0.4, -0.2) is 26.3 Å². The number of ketones is 1. The van der Waals surface area contributed by atoms with Gasteiger partial charge in [-0.1, -0.05) is 62.9 Å². The fourth-order valence-corrected chi connectivity index (χ4v) is 4.28. The highest BCUT2D eigenvalue weighted by Gasteiger charge is 2.41. The molecular weight excluding hydrogens is 332 g/mol. The quantitative estimate of drug-likeness (QED) is 0.843. The summed E-state index contributed by atoms with van der Waals surface area (Å²) in [5, 5.41) is 8.83. The van der Waals surface area contributed by atoms with Crippen LogP contribution in [0.4, 0.5) is 5.95 Å². The van der Waals surface area contributed by atoms with E-state index in [4.69, 9.17) is 0 Å². The van der Waals surface area contributed by atoms with Crippen LogP contribution in [0.3, 0.4) is 0 Å². The molecule has 1 atom stereocenters. The number of fused-ring (bicyclic) bond motifs is 1. The number of carbonyl (C=O) groups excluding carboxylic acids is 1. The van der Waals surface area contributed by atoms with Crippen LogP contribution in [0.2, 0.25) is 0 Å². The largest absolute Gasteiger partial charge is 0.328 e. The lowest BCUT2D eigenvalue weighted by Crippen LogP contribution is -2.36. The molecule has 1 N–H and O–H groups in total. The number of allylic oxidation sites excluding steroid dienone is 2. The first-order chi connectivity index (χ1) is 12.0. The first-order valence-electron chi connectivity index (χ1n) is 8.66. The van der Waals surface area contributed by atoms with Crippen LogP contribution in [0.5, 0.6) is 0 Å². The van der Waals surface area contributed by atoms with E-state index in [0.29, 0.717) is 6.42 Å². The number of carbonyl (C=O) groups is 1. The van der Waals surface area contributed by atoms with E-state index in [-0.39, 0.29) is 17.2 Å². The summed E-state index contributed by atoms with van der Waals surface area (Å²) >= 11 is 1.61. The van der Waals surface area contributed by atoms with Crippen LogP contribution < -0.4 is 5.32 Å². The predicted molar refractivity (Wildman–Crippen MR) is 99.7 cm³/mol. The van der Waals surface area contributed by atoms with Crippen LogP contribution in [-0.2, 0) is 4.79 Å². The number of rotatable bonds is 3. The second-order valence-corrected chi connectivity index (χ2v) is 8.60. The van der Waals surface area contributed by atoms with Gasteiger partial charge < -0.3 is 5.32 Å². The first-order valence-corrected chi connectivity index (χ1v) is 9.64. The molecule has 6 heteroatoms. The van der Waals surface area contributed by atoms with Gasteiger partial charge >= 0.3 is 0 Å². The van der Waals surface area contributed by atoms with Crippen molar-refractivity contribution >= 4 is 23.5 Å². The lowest BCUT2D eigenvalue weighted by Gasteiger charge is -2.38. The zero-order valence-corrected chi connectivity index (χ0v) is 15.6. The average Bonchev–Trinajstić information content (AvgIpc) is 2.95. The second-order valence-electron chi connectivity index (χ2n) is 7.37. The van der Waals surface area contributed by atoms with E-state index in [0.717, 1.165) is 40.1 Å². The lowest BCUT2D eigenvalue weighted by atomic mass is 9.73. The Morgan fingerprint density at radius 2 is 2.04 bits per heavy atom. The Bertz CT molecular complexity index is 854. The van der Waals surface area contributed by atoms with E-state index in [1.807, 2.05) is 22.9 Å². The highest BCUT2D eigenvalue weighted by Crippen LogP contribution is 2.45. The van der Waals surface area contributed by atoms with Gasteiger partial charge in [-0.05, 0) is 23.2 Å². The molecule has 1 aromatic heterocycles. The van der Waals surface area contributed by atoms with E-state index in [9.17, 15) is 4.79 Å². The second kappa shape index (κ2) is 6.02. The Labute approximate surface area is 151 Å². The number of nitrogens with one attached hydrogen (secondary N) is 1. The molecule has 0 radical (unpaired) electrons. The van der Waals surface area contributed by atoms with Gasteiger partial charge in [0.05, 0.1) is 0 Å². The maximum atomic E-state index is 13.0. The molecular formula is C19H22N4OS. The Kier molecular flexibility index (Phi) is 3.95. The normalized spacial score (nSPS) is 21.6. The minimum atomic E-state index is -0.199. The Morgan fingerprint density at radius 1 is 1.28 bits per heavy atom. The molecule has 5 nitrogen and oxygen atoms in total. The zero-order valence-electron chi connectivity index (χ0n) is 14.7. The van der Waals surface area contributed by atoms with E-state index in [1.54, 1.807) is 11.8 Å². The molecule has 0 saturated carbocycles. The number of hydrogen-bond acceptors (Lipinski definition) is 5. The number of benzene rings is 1. The maximum Gasteiger partial charge on any atom is 0.227 e. The van der Waals surface area contributed by atoms with Crippen molar-refractivity contribution in [2.45, 2.75) is 44.8 Å². The first kappa shape index (κ1) is 16.4. The molecule has 4 rings (SSSR count). The topological polar surface area (TPSA) is 59.8 Å². The molecule has 130 valence electrons. The van der Waals surface area contributed by atoms with Gasteiger partial charge in [0, 0.05) is 17.7 Å². The van der Waals surface area contributed by atoms with Crippen molar-refractivity contribution in [1.29, 1.82) is 0 Å². The van der Waals surface area contributed by atoms with E-state index in [1.165, 1.54) is 0 Å². The van der Waals surface area contributed by atoms with Gasteiger partial charge in [-0.2, -0.15) is 4.98 Å². The van der Waals surface area contributed by atoms with Crippen molar-refractivity contribution < 1.29 is 4.79 Å². The van der Waals surface area contributed by atoms with Gasteiger partial charge in [0.25, 0.3) is 0 Å². The Balaban J connectivity index is 1.88. The van der Waals surface area contributed by atoms with E-state index in [2.05, 4.69) is 48.3 Å². The molecule has 2 aromatic rings. The zero-order chi connectivity index (χ0) is 17.6. The molecule has 0 bridgehead atoms. The van der Waals surface area contributed by atoms with Gasteiger partial charge in [-0.25, -0.2) is 4.68 Å². The van der Waals surface area contributed by atoms with Gasteiger partial charge in [0.15, 0.2) is 5.78 Å². The summed E-state index contributed by atoms with van der Waals surface area (Å²) in [4.78, 5) is 17.6. The summed E-state index contributed by atoms with van der Waals surface area (Å²) in [6, 6.07) is 9.93. The van der Waals surface area contributed by atoms with Gasteiger partial charge in [-0.3, -0.25) is 4.79 Å². The maximum absolute atomic E-state index is 13.0. The summed E-state index contributed by atoms with van der Waals surface area (Å²) in [5.74, 6) is 1.85. The number of thioether (sulfide) groups is 1. The third-order valence-electron chi connectivity index (χ3n) is 4.70. The lowest BCUT2D eigenvalue weighted by molar-refractivity contribution is -0.118. The molecule has 25 heavy (non-hydrogen) atoms. The third-order valence-corrected chi connectivity index (χ3v) is 5.42. The molecule has 1 aliphatic carbocycles. The molecule has 0 amide bonds. The van der Waals surface area contributed by atoms with E-state index < -0.39 is 0 Å². The monoisotopic (exact) mass is 354 g/mol. The fourth-order valence-electron chi connectivity index (χ4n) is 3.72. The van der Waals surface area contributed by atoms with Crippen molar-refractivity contribution in [2.75, 3.05) is 11.1 Å². The van der Waals surface area contributed by atoms with Gasteiger partial charge in [-0.15, -0.1) is 5.10 Å². The SMILES string of the molecule is CCSc1nc2n(n1)C(c1ccccc1)C1=C(CC(C)(C)CC1=O)N2. The number of anilines is 1. The smallest absolute Gasteiger partial charge is 0.227 e. The van der Waals surface area contributed by atoms with Crippen molar-refractivity contribution in [2.24, 2.45) is 5.41 Å². The minimum absolute atomic E-state index is 0.0344. The molecule has 2 heterocycles. The van der Waals surface area contributed by atoms with Crippen LogP contribution in [0.25, 0.3) is 0 Å². The number of hydrogen-bond donors (Lipinski definition) is 1. The van der Waals surface area contributed by atoms with Gasteiger partial charge in [0.1, 0.15) is 6.04 Å². The summed E-state index contributed by atoms with van der Waals surface area (Å²) in [6.07, 6.45) is 1.41. The molecule has 0 spiro atoms. The average molecular weight is 354 g/mol. The fraction of sp³-hybridized carbons (Fsp3) is 0.421. The van der Waals surface area contributed by atoms with Crippen molar-refractivity contribution in [3.63, 3.8) is 0 Å². The van der Waals surface area contributed by atoms with E-state index >= 15 is 0 Å². The highest BCUT2D eigenvalue weighted by atomic mass is 32.2. The summed E-state index contributed by atoms with van der Waals surface area (Å²) < 4.78 is 1.88. The molecule has 0 fully saturated rings. The minimum Gasteiger partial charge on any atom is -0.328 e. The molecule has 0 saturated heterocycles. The molecule has 1 aliphatic heterocycles. The Morgan fingerprint density at radius 3 is 2.76 bits per heavy atom. The number of Topliss-reactive ketones (excluding diaryl/α,β-unsaturated/α-hetero) is 1. The predicted octanol–water partition coefficient (Wildman–Crippen LogP) is 4.05. The standard InChI is InChI=1S/C19H22N4OS/c1-4-25-18-21-17-20-13-10-19(2,3)11-14(24)15(13)16(23(17)22-18)12-8-6-5-7-9-12/h5-9,16H,4,10-11H2,1-3H3,(H,20,21,22). The van der Waals surface area contributed by atoms with Gasteiger partial charge in [0.2, 0.25) is 11.1 Å². The summed E-state index contributed by atoms with van der Waals surface area (Å²) in [6.45, 7) is 6.37. The number of nitrogens with zero attached hydrogens (tertiary/aromatic N) is 3. The van der Waals surface area contributed by atoms with Crippen molar-refractivity contribution in [1.82, 2.24) is 14.8 Å². The van der Waals surface area contributed by atoms with Crippen LogP contribution in [0, 0.1) is 5.41 Å².